The molecule has 1 aliphatic heterocycles. The highest BCUT2D eigenvalue weighted by atomic mass is 35.5. The number of nitrogens with zero attached hydrogens (tertiary/aromatic N) is 2. The van der Waals surface area contributed by atoms with Crippen LogP contribution in [0.4, 0.5) is 10.5 Å². The second-order valence-electron chi connectivity index (χ2n) is 3.03. The number of Topliss-reactive ketones (excluding diaryl/α,β-unsaturated/α-hetero) is 1. The first-order valence-electron chi connectivity index (χ1n) is 4.53. The number of nitrogens with one attached hydrogen (secondary N) is 1. The predicted octanol–water partition coefficient (Wildman–Crippen LogP) is 1.40. The van der Waals surface area contributed by atoms with Crippen LogP contribution in [-0.2, 0) is 4.79 Å². The molecule has 2 N–H and O–H groups in total. The maximum absolute atomic E-state index is 11.5. The van der Waals surface area contributed by atoms with E-state index in [1.54, 1.807) is 24.3 Å². The van der Waals surface area contributed by atoms with Crippen molar-refractivity contribution in [2.24, 2.45) is 0 Å². The summed E-state index contributed by atoms with van der Waals surface area (Å²) in [5.74, 6) is -1.25. The molecular formula is C10H6ClN3O4. The van der Waals surface area contributed by atoms with Crippen molar-refractivity contribution in [1.29, 1.82) is 0 Å². The van der Waals surface area contributed by atoms with Gasteiger partial charge in [-0.1, -0.05) is 12.1 Å². The molecule has 7 nitrogen and oxygen atoms in total. The zero-order chi connectivity index (χ0) is 13.7. The van der Waals surface area contributed by atoms with E-state index >= 15 is 0 Å². The zero-order valence-electron chi connectivity index (χ0n) is 8.75. The predicted molar refractivity (Wildman–Crippen MR) is 61.9 cm³/mol. The van der Waals surface area contributed by atoms with Gasteiger partial charge in [0.05, 0.1) is 11.3 Å². The van der Waals surface area contributed by atoms with E-state index in [2.05, 4.69) is 21.7 Å². The van der Waals surface area contributed by atoms with Crippen molar-refractivity contribution >= 4 is 40.1 Å². The second kappa shape index (κ2) is 5.72. The van der Waals surface area contributed by atoms with E-state index in [0.29, 0.717) is 11.3 Å². The largest absolute Gasteiger partial charge is 0.469 e. The molecule has 1 aromatic carbocycles. The Kier molecular flexibility index (Phi) is 4.31. The molecule has 92 valence electrons. The van der Waals surface area contributed by atoms with Gasteiger partial charge in [-0.2, -0.15) is 4.79 Å². The molecule has 0 aromatic heterocycles. The molecule has 0 aliphatic carbocycles. The lowest BCUT2D eigenvalue weighted by molar-refractivity contribution is -0.114. The highest BCUT2D eigenvalue weighted by Gasteiger charge is 2.36. The van der Waals surface area contributed by atoms with Crippen molar-refractivity contribution in [2.45, 2.75) is 0 Å². The van der Waals surface area contributed by atoms with Gasteiger partial charge in [0.1, 0.15) is 0 Å². The first kappa shape index (κ1) is 13.6. The zero-order valence-corrected chi connectivity index (χ0v) is 9.51. The highest BCUT2D eigenvalue weighted by molar-refractivity contribution is 6.71. The van der Waals surface area contributed by atoms with Crippen molar-refractivity contribution in [2.75, 3.05) is 5.32 Å². The van der Waals surface area contributed by atoms with E-state index in [1.807, 2.05) is 0 Å². The number of para-hydroxylation sites is 1. The quantitative estimate of drug-likeness (QED) is 0.419. The fourth-order valence-electron chi connectivity index (χ4n) is 1.29. The van der Waals surface area contributed by atoms with Crippen molar-refractivity contribution in [3.8, 4) is 0 Å². The van der Waals surface area contributed by atoms with Crippen LogP contribution in [0, 0.1) is 0 Å². The van der Waals surface area contributed by atoms with Crippen LogP contribution < -0.4 is 5.32 Å². The number of halogens is 1. The summed E-state index contributed by atoms with van der Waals surface area (Å²) >= 11 is 4.19. The van der Waals surface area contributed by atoms with E-state index in [0.717, 1.165) is 0 Å². The van der Waals surface area contributed by atoms with Crippen molar-refractivity contribution in [1.82, 2.24) is 0 Å². The number of rotatable bonds is 0. The number of hydrogen-bond donors (Lipinski definition) is 2. The van der Waals surface area contributed by atoms with Crippen LogP contribution in [-0.4, -0.2) is 32.7 Å². The van der Waals surface area contributed by atoms with Crippen molar-refractivity contribution in [3.63, 3.8) is 0 Å². The first-order chi connectivity index (χ1) is 8.47. The molecule has 0 atom stereocenters. The molecule has 18 heavy (non-hydrogen) atoms. The minimum atomic E-state index is -1.36. The Morgan fingerprint density at radius 2 is 1.89 bits per heavy atom. The number of carbonyl (C=O) groups excluding carboxylic acids is 2. The number of carbonyl (C=O) groups is 3. The molecule has 0 bridgehead atoms. The highest BCUT2D eigenvalue weighted by Crippen LogP contribution is 2.19. The maximum atomic E-state index is 11.5. The van der Waals surface area contributed by atoms with Crippen LogP contribution in [0.25, 0.3) is 5.53 Å². The number of anilines is 1. The third kappa shape index (κ3) is 3.00. The molecule has 0 saturated heterocycles. The number of hydrogen-bond acceptors (Lipinski definition) is 3. The standard InChI is InChI=1S/C9H5N3O2.CHClO2/c10-12-7-8(13)5-3-1-2-4-6(5)11-9(7)14;2-1(3)4/h1-4H,(H,11,14);(H,3,4). The number of carboxylic acid groups (broad SMARTS) is 1. The van der Waals surface area contributed by atoms with Crippen LogP contribution in [0.2, 0.25) is 0 Å². The van der Waals surface area contributed by atoms with E-state index in [4.69, 9.17) is 15.4 Å². The van der Waals surface area contributed by atoms with Gasteiger partial charge in [0.15, 0.2) is 0 Å². The molecule has 1 heterocycles. The summed E-state index contributed by atoms with van der Waals surface area (Å²) in [6, 6.07) is 6.54. The molecule has 0 fully saturated rings. The van der Waals surface area contributed by atoms with E-state index in [9.17, 15) is 9.59 Å². The van der Waals surface area contributed by atoms with Crippen molar-refractivity contribution < 1.29 is 24.3 Å². The van der Waals surface area contributed by atoms with Crippen molar-refractivity contribution in [3.05, 3.63) is 35.4 Å². The summed E-state index contributed by atoms with van der Waals surface area (Å²) < 4.78 is 0. The third-order valence-corrected chi connectivity index (χ3v) is 1.95. The Labute approximate surface area is 106 Å². The molecule has 2 rings (SSSR count). The molecule has 0 spiro atoms. The minimum absolute atomic E-state index is 0.333. The second-order valence-corrected chi connectivity index (χ2v) is 3.35. The Morgan fingerprint density at radius 3 is 2.44 bits per heavy atom. The molecule has 0 unspecified atom stereocenters. The smallest absolute Gasteiger partial charge is 0.426 e. The Balaban J connectivity index is 0.000000357. The molecular weight excluding hydrogens is 262 g/mol. The molecule has 0 radical (unpaired) electrons. The SMILES string of the molecule is O=C(O)Cl.[N-]=[N+]=C1C(=O)Nc2ccccc2C1=O. The van der Waals surface area contributed by atoms with Crippen LogP contribution >= 0.6 is 11.6 Å². The topological polar surface area (TPSA) is 120 Å². The minimum Gasteiger partial charge on any atom is -0.469 e. The number of benzene rings is 1. The summed E-state index contributed by atoms with van der Waals surface area (Å²) in [7, 11) is 0. The molecule has 1 aromatic rings. The van der Waals surface area contributed by atoms with Gasteiger partial charge in [0, 0.05) is 11.6 Å². The lowest BCUT2D eigenvalue weighted by Crippen LogP contribution is -2.36. The Bertz CT molecular complexity index is 574. The molecule has 1 aliphatic rings. The van der Waals surface area contributed by atoms with Gasteiger partial charge in [-0.05, 0) is 12.1 Å². The van der Waals surface area contributed by atoms with Gasteiger partial charge in [0.2, 0.25) is 0 Å². The summed E-state index contributed by atoms with van der Waals surface area (Å²) in [6.07, 6.45) is 0. The first-order valence-corrected chi connectivity index (χ1v) is 4.90. The Hall–Kier alpha value is -2.50. The summed E-state index contributed by atoms with van der Waals surface area (Å²) in [5, 5.41) is 9.62. The average molecular weight is 268 g/mol. The Morgan fingerprint density at radius 1 is 1.33 bits per heavy atom. The van der Waals surface area contributed by atoms with Gasteiger partial charge in [-0.3, -0.25) is 9.59 Å². The van der Waals surface area contributed by atoms with Gasteiger partial charge < -0.3 is 16.0 Å². The van der Waals surface area contributed by atoms with Crippen LogP contribution in [0.5, 0.6) is 0 Å². The summed E-state index contributed by atoms with van der Waals surface area (Å²) in [6.45, 7) is 0. The molecule has 0 saturated carbocycles. The number of amides is 1. The monoisotopic (exact) mass is 267 g/mol. The van der Waals surface area contributed by atoms with Crippen LogP contribution in [0.15, 0.2) is 24.3 Å². The van der Waals surface area contributed by atoms with E-state index < -0.39 is 22.8 Å². The number of fused-ring (bicyclic) bond motifs is 1. The molecule has 1 amide bonds. The van der Waals surface area contributed by atoms with E-state index in [-0.39, 0.29) is 0 Å². The fourth-order valence-corrected chi connectivity index (χ4v) is 1.29. The van der Waals surface area contributed by atoms with Crippen LogP contribution in [0.3, 0.4) is 0 Å². The van der Waals surface area contributed by atoms with Crippen LogP contribution in [0.1, 0.15) is 10.4 Å². The van der Waals surface area contributed by atoms with Gasteiger partial charge in [-0.25, -0.2) is 4.79 Å². The van der Waals surface area contributed by atoms with E-state index in [1.165, 1.54) is 0 Å². The summed E-state index contributed by atoms with van der Waals surface area (Å²) in [5.41, 5.74) is 7.39. The lowest BCUT2D eigenvalue weighted by atomic mass is 10.0. The maximum Gasteiger partial charge on any atom is 0.426 e. The summed E-state index contributed by atoms with van der Waals surface area (Å²) in [4.78, 5) is 34.1. The number of ketones is 1. The van der Waals surface area contributed by atoms with Gasteiger partial charge in [0.25, 0.3) is 5.78 Å². The fraction of sp³-hybridized carbons (Fsp3) is 0. The molecule has 8 heteroatoms. The average Bonchev–Trinajstić information content (AvgIpc) is 2.29. The third-order valence-electron chi connectivity index (χ3n) is 1.95. The lowest BCUT2D eigenvalue weighted by Gasteiger charge is -2.11. The van der Waals surface area contributed by atoms with Gasteiger partial charge >= 0.3 is 17.0 Å². The normalized spacial score (nSPS) is 12.6. The van der Waals surface area contributed by atoms with Gasteiger partial charge in [-0.15, -0.1) is 0 Å².